The lowest BCUT2D eigenvalue weighted by Gasteiger charge is -2.28. The van der Waals surface area contributed by atoms with Gasteiger partial charge in [-0.05, 0) is 39.0 Å². The third-order valence-electron chi connectivity index (χ3n) is 2.66. The number of hydrogen-bond donors (Lipinski definition) is 2. The van der Waals surface area contributed by atoms with Crippen LogP contribution in [0.25, 0.3) is 0 Å². The minimum absolute atomic E-state index is 0.245. The number of amides is 2. The van der Waals surface area contributed by atoms with Crippen LogP contribution in [0.1, 0.15) is 20.8 Å². The van der Waals surface area contributed by atoms with Gasteiger partial charge in [0.15, 0.2) is 0 Å². The van der Waals surface area contributed by atoms with Gasteiger partial charge in [0.1, 0.15) is 0 Å². The van der Waals surface area contributed by atoms with Gasteiger partial charge in [-0.3, -0.25) is 4.21 Å². The highest BCUT2D eigenvalue weighted by molar-refractivity contribution is 7.84. The zero-order valence-electron chi connectivity index (χ0n) is 12.3. The van der Waals surface area contributed by atoms with Crippen LogP contribution in [0.5, 0.6) is 0 Å². The minimum Gasteiger partial charge on any atom is -0.389 e. The zero-order chi connectivity index (χ0) is 15.3. The van der Waals surface area contributed by atoms with E-state index in [0.717, 1.165) is 0 Å². The van der Waals surface area contributed by atoms with Gasteiger partial charge in [-0.25, -0.2) is 4.79 Å². The highest BCUT2D eigenvalue weighted by Gasteiger charge is 2.21. The fourth-order valence-electron chi connectivity index (χ4n) is 1.75. The Bertz CT molecular complexity index is 497. The number of benzene rings is 1. The smallest absolute Gasteiger partial charge is 0.321 e. The summed E-state index contributed by atoms with van der Waals surface area (Å²) < 4.78 is 11.4. The van der Waals surface area contributed by atoms with Crippen LogP contribution in [-0.2, 0) is 10.8 Å². The summed E-state index contributed by atoms with van der Waals surface area (Å²) in [6.45, 7) is 5.90. The van der Waals surface area contributed by atoms with Crippen molar-refractivity contribution >= 4 is 22.5 Å². The van der Waals surface area contributed by atoms with Gasteiger partial charge in [0.25, 0.3) is 0 Å². The first kappa shape index (κ1) is 16.7. The molecular formula is C14H22N2O3S. The van der Waals surface area contributed by atoms with Gasteiger partial charge in [0.05, 0.1) is 12.1 Å². The Labute approximate surface area is 122 Å². The largest absolute Gasteiger partial charge is 0.389 e. The molecule has 0 aliphatic heterocycles. The second-order valence-electron chi connectivity index (χ2n) is 5.24. The highest BCUT2D eigenvalue weighted by atomic mass is 32.2. The van der Waals surface area contributed by atoms with E-state index in [1.807, 2.05) is 6.92 Å². The molecule has 0 saturated heterocycles. The Balaban J connectivity index is 2.78. The molecule has 0 heterocycles. The number of hydrogen-bond acceptors (Lipinski definition) is 3. The quantitative estimate of drug-likeness (QED) is 0.874. The Morgan fingerprint density at radius 3 is 2.60 bits per heavy atom. The average Bonchev–Trinajstić information content (AvgIpc) is 2.35. The Morgan fingerprint density at radius 1 is 1.45 bits per heavy atom. The predicted octanol–water partition coefficient (Wildman–Crippen LogP) is 2.05. The molecule has 0 bridgehead atoms. The standard InChI is InChI=1S/C14H22N2O3S/c1-5-16(10-14(2,3)18)13(17)15-11-7-6-8-12(9-11)20(4)19/h6-9,18H,5,10H2,1-4H3,(H,15,17). The van der Waals surface area contributed by atoms with Crippen LogP contribution >= 0.6 is 0 Å². The van der Waals surface area contributed by atoms with Crippen LogP contribution < -0.4 is 5.32 Å². The first-order valence-electron chi connectivity index (χ1n) is 6.44. The number of carbonyl (C=O) groups excluding carboxylic acids is 1. The normalized spacial score (nSPS) is 12.8. The van der Waals surface area contributed by atoms with Gasteiger partial charge in [0.2, 0.25) is 0 Å². The van der Waals surface area contributed by atoms with E-state index < -0.39 is 16.4 Å². The van der Waals surface area contributed by atoms with Crippen LogP contribution in [0.15, 0.2) is 29.2 Å². The third kappa shape index (κ3) is 5.30. The lowest BCUT2D eigenvalue weighted by atomic mass is 10.1. The van der Waals surface area contributed by atoms with Crippen LogP contribution in [0, 0.1) is 0 Å². The van der Waals surface area contributed by atoms with E-state index in [9.17, 15) is 14.1 Å². The maximum Gasteiger partial charge on any atom is 0.321 e. The molecule has 112 valence electrons. The van der Waals surface area contributed by atoms with E-state index in [0.29, 0.717) is 17.1 Å². The number of nitrogens with one attached hydrogen (secondary N) is 1. The summed E-state index contributed by atoms with van der Waals surface area (Å²) in [5.41, 5.74) is -0.350. The van der Waals surface area contributed by atoms with Gasteiger partial charge in [-0.2, -0.15) is 0 Å². The molecule has 5 nitrogen and oxygen atoms in total. The van der Waals surface area contributed by atoms with Gasteiger partial charge < -0.3 is 15.3 Å². The maximum atomic E-state index is 12.1. The molecule has 2 N–H and O–H groups in total. The number of nitrogens with zero attached hydrogens (tertiary/aromatic N) is 1. The molecular weight excluding hydrogens is 276 g/mol. The first-order valence-corrected chi connectivity index (χ1v) is 8.00. The first-order chi connectivity index (χ1) is 9.23. The van der Waals surface area contributed by atoms with Crippen molar-refractivity contribution in [3.05, 3.63) is 24.3 Å². The summed E-state index contributed by atoms with van der Waals surface area (Å²) in [6.07, 6.45) is 1.59. The molecule has 0 radical (unpaired) electrons. The van der Waals surface area contributed by atoms with Gasteiger partial charge >= 0.3 is 6.03 Å². The SMILES string of the molecule is CCN(CC(C)(C)O)C(=O)Nc1cccc(S(C)=O)c1. The van der Waals surface area contributed by atoms with Crippen LogP contribution in [0.4, 0.5) is 10.5 Å². The number of rotatable bonds is 5. The van der Waals surface area contributed by atoms with Crippen LogP contribution in [0.3, 0.4) is 0 Å². The Hall–Kier alpha value is -1.40. The summed E-state index contributed by atoms with van der Waals surface area (Å²) >= 11 is 0. The molecule has 2 amide bonds. The number of aliphatic hydroxyl groups is 1. The molecule has 1 rings (SSSR count). The van der Waals surface area contributed by atoms with Crippen molar-refractivity contribution in [3.8, 4) is 0 Å². The van der Waals surface area contributed by atoms with E-state index in [4.69, 9.17) is 0 Å². The van der Waals surface area contributed by atoms with E-state index in [-0.39, 0.29) is 12.6 Å². The van der Waals surface area contributed by atoms with E-state index in [2.05, 4.69) is 5.32 Å². The molecule has 6 heteroatoms. The van der Waals surface area contributed by atoms with Crippen LogP contribution in [-0.4, -0.2) is 45.2 Å². The summed E-state index contributed by atoms with van der Waals surface area (Å²) in [4.78, 5) is 14.3. The molecule has 1 unspecified atom stereocenters. The molecule has 0 fully saturated rings. The monoisotopic (exact) mass is 298 g/mol. The van der Waals surface area contributed by atoms with Crippen LogP contribution in [0.2, 0.25) is 0 Å². The fourth-order valence-corrected chi connectivity index (χ4v) is 2.31. The van der Waals surface area contributed by atoms with Gasteiger partial charge in [-0.15, -0.1) is 0 Å². The van der Waals surface area contributed by atoms with E-state index in [1.54, 1.807) is 44.4 Å². The molecule has 0 aliphatic rings. The molecule has 1 aromatic rings. The molecule has 1 aromatic carbocycles. The summed E-state index contributed by atoms with van der Waals surface area (Å²) in [6, 6.07) is 6.64. The Morgan fingerprint density at radius 2 is 2.10 bits per heavy atom. The van der Waals surface area contributed by atoms with Crippen molar-refractivity contribution in [1.29, 1.82) is 0 Å². The van der Waals surface area contributed by atoms with E-state index in [1.165, 1.54) is 4.90 Å². The van der Waals surface area contributed by atoms with E-state index >= 15 is 0 Å². The van der Waals surface area contributed by atoms with Crippen molar-refractivity contribution < 1.29 is 14.1 Å². The van der Waals surface area contributed by atoms with Crippen molar-refractivity contribution in [1.82, 2.24) is 4.90 Å². The third-order valence-corrected chi connectivity index (χ3v) is 3.58. The molecule has 0 aromatic heterocycles. The predicted molar refractivity (Wildman–Crippen MR) is 81.3 cm³/mol. The van der Waals surface area contributed by atoms with Gasteiger partial charge in [-0.1, -0.05) is 6.07 Å². The molecule has 1 atom stereocenters. The van der Waals surface area contributed by atoms with Crippen molar-refractivity contribution in [2.75, 3.05) is 24.7 Å². The molecule has 20 heavy (non-hydrogen) atoms. The van der Waals surface area contributed by atoms with Gasteiger partial charge in [0, 0.05) is 34.2 Å². The second kappa shape index (κ2) is 6.85. The lowest BCUT2D eigenvalue weighted by molar-refractivity contribution is 0.0501. The molecule has 0 spiro atoms. The number of urea groups is 1. The molecule has 0 aliphatic carbocycles. The van der Waals surface area contributed by atoms with Crippen molar-refractivity contribution in [2.24, 2.45) is 0 Å². The number of carbonyl (C=O) groups is 1. The topological polar surface area (TPSA) is 69.6 Å². The fraction of sp³-hybridized carbons (Fsp3) is 0.500. The zero-order valence-corrected chi connectivity index (χ0v) is 13.2. The summed E-state index contributed by atoms with van der Waals surface area (Å²) in [5, 5.41) is 12.5. The highest BCUT2D eigenvalue weighted by Crippen LogP contribution is 2.14. The summed E-state index contributed by atoms with van der Waals surface area (Å²) in [7, 11) is -1.09. The molecule has 0 saturated carbocycles. The minimum atomic E-state index is -1.09. The van der Waals surface area contributed by atoms with Crippen molar-refractivity contribution in [2.45, 2.75) is 31.3 Å². The number of anilines is 1. The lowest BCUT2D eigenvalue weighted by Crippen LogP contribution is -2.44. The maximum absolute atomic E-state index is 12.1. The Kier molecular flexibility index (Phi) is 5.71. The summed E-state index contributed by atoms with van der Waals surface area (Å²) in [5.74, 6) is 0. The van der Waals surface area contributed by atoms with Crippen molar-refractivity contribution in [3.63, 3.8) is 0 Å². The number of likely N-dealkylation sites (N-methyl/N-ethyl adjacent to an activating group) is 1. The average molecular weight is 298 g/mol. The second-order valence-corrected chi connectivity index (χ2v) is 6.62.